The van der Waals surface area contributed by atoms with Gasteiger partial charge in [-0.3, -0.25) is 4.79 Å². The summed E-state index contributed by atoms with van der Waals surface area (Å²) < 4.78 is 7.92. The molecular formula is C24H28ClN5O2S. The van der Waals surface area contributed by atoms with Gasteiger partial charge in [0.2, 0.25) is 5.91 Å². The summed E-state index contributed by atoms with van der Waals surface area (Å²) in [5.41, 5.74) is 4.16. The number of aryl methyl sites for hydroxylation is 2. The SMILES string of the molecule is Cc1ccc(NCc2nnc(SCC(=O)Nc3cccc(Cl)c3)n2C[C@H]2CCCO2)c(C)c1. The number of carbonyl (C=O) groups excluding carboxylic acids is 1. The zero-order chi connectivity index (χ0) is 23.2. The molecule has 0 aliphatic carbocycles. The van der Waals surface area contributed by atoms with Gasteiger partial charge in [0.05, 0.1) is 24.9 Å². The van der Waals surface area contributed by atoms with Crippen LogP contribution >= 0.6 is 23.4 Å². The van der Waals surface area contributed by atoms with Crippen LogP contribution in [0.4, 0.5) is 11.4 Å². The second-order valence-electron chi connectivity index (χ2n) is 8.16. The highest BCUT2D eigenvalue weighted by molar-refractivity contribution is 7.99. The normalized spacial score (nSPS) is 15.5. The summed E-state index contributed by atoms with van der Waals surface area (Å²) >= 11 is 7.37. The van der Waals surface area contributed by atoms with Crippen molar-refractivity contribution in [3.05, 3.63) is 64.4 Å². The number of rotatable bonds is 9. The molecule has 0 radical (unpaired) electrons. The number of ether oxygens (including phenoxy) is 1. The molecule has 1 saturated heterocycles. The first-order chi connectivity index (χ1) is 16.0. The number of thioether (sulfide) groups is 1. The van der Waals surface area contributed by atoms with E-state index in [0.717, 1.165) is 31.0 Å². The van der Waals surface area contributed by atoms with Crippen molar-refractivity contribution < 1.29 is 9.53 Å². The summed E-state index contributed by atoms with van der Waals surface area (Å²) in [5, 5.41) is 16.4. The maximum absolute atomic E-state index is 12.5. The number of benzene rings is 2. The monoisotopic (exact) mass is 485 g/mol. The molecule has 33 heavy (non-hydrogen) atoms. The molecule has 0 unspecified atom stereocenters. The number of anilines is 2. The second-order valence-corrected chi connectivity index (χ2v) is 9.54. The molecular weight excluding hydrogens is 458 g/mol. The molecule has 1 aromatic heterocycles. The van der Waals surface area contributed by atoms with Crippen LogP contribution in [-0.4, -0.2) is 39.1 Å². The third-order valence-corrected chi connectivity index (χ3v) is 6.67. The van der Waals surface area contributed by atoms with Gasteiger partial charge in [-0.25, -0.2) is 0 Å². The van der Waals surface area contributed by atoms with Crippen LogP contribution in [0.3, 0.4) is 0 Å². The van der Waals surface area contributed by atoms with Crippen molar-refractivity contribution in [3.8, 4) is 0 Å². The number of carbonyl (C=O) groups is 1. The van der Waals surface area contributed by atoms with Crippen molar-refractivity contribution in [2.24, 2.45) is 0 Å². The predicted molar refractivity (Wildman–Crippen MR) is 133 cm³/mol. The predicted octanol–water partition coefficient (Wildman–Crippen LogP) is 5.07. The highest BCUT2D eigenvalue weighted by atomic mass is 35.5. The standard InChI is InChI=1S/C24H28ClN5O2S/c1-16-8-9-21(17(2)11-16)26-13-22-28-29-24(30(22)14-20-7-4-10-32-20)33-15-23(31)27-19-6-3-5-18(25)12-19/h3,5-6,8-9,11-12,20,26H,4,7,10,13-15H2,1-2H3,(H,27,31)/t20-/m1/s1. The first kappa shape index (κ1) is 23.6. The molecule has 7 nitrogen and oxygen atoms in total. The topological polar surface area (TPSA) is 81.1 Å². The lowest BCUT2D eigenvalue weighted by Crippen LogP contribution is -2.20. The first-order valence-corrected chi connectivity index (χ1v) is 12.4. The molecule has 1 aliphatic rings. The number of amides is 1. The van der Waals surface area contributed by atoms with Crippen LogP contribution in [0.5, 0.6) is 0 Å². The van der Waals surface area contributed by atoms with E-state index in [9.17, 15) is 4.79 Å². The lowest BCUT2D eigenvalue weighted by Gasteiger charge is -2.16. The number of nitrogens with zero attached hydrogens (tertiary/aromatic N) is 3. The van der Waals surface area contributed by atoms with Gasteiger partial charge in [-0.15, -0.1) is 10.2 Å². The van der Waals surface area contributed by atoms with Crippen LogP contribution < -0.4 is 10.6 Å². The summed E-state index contributed by atoms with van der Waals surface area (Å²) in [6.45, 7) is 6.18. The van der Waals surface area contributed by atoms with Gasteiger partial charge in [0.25, 0.3) is 0 Å². The molecule has 1 amide bonds. The molecule has 174 valence electrons. The quantitative estimate of drug-likeness (QED) is 0.412. The van der Waals surface area contributed by atoms with Gasteiger partial charge in [0, 0.05) is 23.0 Å². The fraction of sp³-hybridized carbons (Fsp3) is 0.375. The van der Waals surface area contributed by atoms with E-state index in [1.165, 1.54) is 22.9 Å². The summed E-state index contributed by atoms with van der Waals surface area (Å²) in [4.78, 5) is 12.5. The maximum Gasteiger partial charge on any atom is 0.234 e. The maximum atomic E-state index is 12.5. The zero-order valence-electron chi connectivity index (χ0n) is 18.8. The zero-order valence-corrected chi connectivity index (χ0v) is 20.4. The average Bonchev–Trinajstić information content (AvgIpc) is 3.42. The average molecular weight is 486 g/mol. The summed E-state index contributed by atoms with van der Waals surface area (Å²) in [7, 11) is 0. The minimum absolute atomic E-state index is 0.121. The third-order valence-electron chi connectivity index (χ3n) is 5.46. The summed E-state index contributed by atoms with van der Waals surface area (Å²) in [6, 6.07) is 13.4. The van der Waals surface area contributed by atoms with E-state index in [2.05, 4.69) is 57.4 Å². The number of halogens is 1. The Morgan fingerprint density at radius 1 is 1.24 bits per heavy atom. The van der Waals surface area contributed by atoms with Gasteiger partial charge >= 0.3 is 0 Å². The Morgan fingerprint density at radius 3 is 2.88 bits per heavy atom. The second kappa shape index (κ2) is 11.0. The summed E-state index contributed by atoms with van der Waals surface area (Å²) in [5.74, 6) is 0.924. The van der Waals surface area contributed by atoms with Gasteiger partial charge < -0.3 is 19.9 Å². The molecule has 1 aliphatic heterocycles. The Kier molecular flexibility index (Phi) is 7.90. The van der Waals surface area contributed by atoms with E-state index in [4.69, 9.17) is 16.3 Å². The Labute approximate surface area is 203 Å². The van der Waals surface area contributed by atoms with Crippen molar-refractivity contribution in [2.45, 2.75) is 51.0 Å². The molecule has 0 saturated carbocycles. The van der Waals surface area contributed by atoms with Gasteiger partial charge in [0.1, 0.15) is 0 Å². The minimum Gasteiger partial charge on any atom is -0.378 e. The molecule has 4 rings (SSSR count). The summed E-state index contributed by atoms with van der Waals surface area (Å²) in [6.07, 6.45) is 2.22. The van der Waals surface area contributed by atoms with E-state index in [1.807, 2.05) is 6.07 Å². The Balaban J connectivity index is 1.43. The Morgan fingerprint density at radius 2 is 2.12 bits per heavy atom. The van der Waals surface area contributed by atoms with Crippen molar-refractivity contribution >= 4 is 40.6 Å². The molecule has 9 heteroatoms. The highest BCUT2D eigenvalue weighted by Crippen LogP contribution is 2.23. The number of nitrogens with one attached hydrogen (secondary N) is 2. The van der Waals surface area contributed by atoms with Crippen molar-refractivity contribution in [3.63, 3.8) is 0 Å². The van der Waals surface area contributed by atoms with Crippen molar-refractivity contribution in [2.75, 3.05) is 23.0 Å². The fourth-order valence-electron chi connectivity index (χ4n) is 3.81. The largest absolute Gasteiger partial charge is 0.378 e. The highest BCUT2D eigenvalue weighted by Gasteiger charge is 2.21. The van der Waals surface area contributed by atoms with Crippen LogP contribution in [0.15, 0.2) is 47.6 Å². The van der Waals surface area contributed by atoms with Crippen molar-refractivity contribution in [1.29, 1.82) is 0 Å². The van der Waals surface area contributed by atoms with Gasteiger partial charge in [-0.2, -0.15) is 0 Å². The lowest BCUT2D eigenvalue weighted by molar-refractivity contribution is -0.113. The molecule has 2 heterocycles. The van der Waals surface area contributed by atoms with E-state index in [-0.39, 0.29) is 17.8 Å². The lowest BCUT2D eigenvalue weighted by atomic mass is 10.1. The van der Waals surface area contributed by atoms with Crippen LogP contribution in [0.2, 0.25) is 5.02 Å². The third kappa shape index (κ3) is 6.50. The van der Waals surface area contributed by atoms with Crippen LogP contribution in [0.25, 0.3) is 0 Å². The molecule has 3 aromatic rings. The van der Waals surface area contributed by atoms with Crippen LogP contribution in [-0.2, 0) is 22.6 Å². The minimum atomic E-state index is -0.121. The Bertz CT molecular complexity index is 1110. The molecule has 0 bridgehead atoms. The fourth-order valence-corrected chi connectivity index (χ4v) is 4.77. The smallest absolute Gasteiger partial charge is 0.234 e. The molecule has 1 fully saturated rings. The number of hydrogen-bond donors (Lipinski definition) is 2. The van der Waals surface area contributed by atoms with Gasteiger partial charge in [0.15, 0.2) is 11.0 Å². The number of hydrogen-bond acceptors (Lipinski definition) is 6. The Hall–Kier alpha value is -2.55. The first-order valence-electron chi connectivity index (χ1n) is 11.0. The van der Waals surface area contributed by atoms with E-state index < -0.39 is 0 Å². The van der Waals surface area contributed by atoms with Crippen LogP contribution in [0.1, 0.15) is 29.8 Å². The van der Waals surface area contributed by atoms with Crippen LogP contribution in [0, 0.1) is 13.8 Å². The molecule has 2 N–H and O–H groups in total. The van der Waals surface area contributed by atoms with Gasteiger partial charge in [-0.1, -0.05) is 47.1 Å². The molecule has 1 atom stereocenters. The van der Waals surface area contributed by atoms with E-state index >= 15 is 0 Å². The van der Waals surface area contributed by atoms with Gasteiger partial charge in [-0.05, 0) is 56.5 Å². The molecule has 0 spiro atoms. The van der Waals surface area contributed by atoms with E-state index in [1.54, 1.807) is 18.2 Å². The molecule has 2 aromatic carbocycles. The van der Waals surface area contributed by atoms with Crippen molar-refractivity contribution in [1.82, 2.24) is 14.8 Å². The number of aromatic nitrogens is 3. The van der Waals surface area contributed by atoms with E-state index in [0.29, 0.717) is 29.0 Å².